The van der Waals surface area contributed by atoms with Gasteiger partial charge in [0.15, 0.2) is 5.12 Å². The van der Waals surface area contributed by atoms with Crippen LogP contribution >= 0.6 is 11.8 Å². The standard InChI is InChI=1S/C48H54O11S/c1-3-4-5-6-7-8-9-10-11-20-29-60-48(58)43(36-25-16-19-28-39(36)47(56)57)42(35-24-15-18-27-38(35)46(54)55)41(34-23-14-17-26-37(34)45(52)53)40(59-31(2)49)30-32-21-12-13-22-33(32)44(50)51/h12-19,21-28,40-43H,3-11,20,29-30H2,1-2H3,(H,50,51)(H,52,53)(H,54,55)(H,56,57). The van der Waals surface area contributed by atoms with E-state index in [0.717, 1.165) is 44.4 Å². The van der Waals surface area contributed by atoms with Gasteiger partial charge >= 0.3 is 29.8 Å². The van der Waals surface area contributed by atoms with Crippen LogP contribution in [0.25, 0.3) is 0 Å². The van der Waals surface area contributed by atoms with E-state index in [0.29, 0.717) is 12.2 Å². The molecule has 0 aliphatic heterocycles. The zero-order chi connectivity index (χ0) is 43.6. The average Bonchev–Trinajstić information content (AvgIpc) is 3.22. The summed E-state index contributed by atoms with van der Waals surface area (Å²) in [5.74, 6) is -9.95. The predicted octanol–water partition coefficient (Wildman–Crippen LogP) is 10.5. The SMILES string of the molecule is CCCCCCCCCCCCSC(=O)C(c1ccccc1C(=O)O)C(c1ccccc1C(=O)O)C(c1ccccc1C(=O)O)C(Cc1ccccc1C(=O)O)OC(C)=O. The maximum atomic E-state index is 15.1. The van der Waals surface area contributed by atoms with Crippen molar-refractivity contribution in [3.8, 4) is 0 Å². The highest BCUT2D eigenvalue weighted by Crippen LogP contribution is 2.51. The van der Waals surface area contributed by atoms with E-state index in [1.54, 1.807) is 24.3 Å². The number of hydrogen-bond acceptors (Lipinski definition) is 8. The molecule has 4 aromatic rings. The van der Waals surface area contributed by atoms with Crippen LogP contribution in [0.1, 0.15) is 159 Å². The number of esters is 1. The van der Waals surface area contributed by atoms with E-state index >= 15 is 4.79 Å². The molecule has 318 valence electrons. The summed E-state index contributed by atoms with van der Waals surface area (Å²) in [6.45, 7) is 3.33. The number of aromatic carboxylic acids is 4. The third kappa shape index (κ3) is 12.9. The van der Waals surface area contributed by atoms with Crippen molar-refractivity contribution in [2.45, 2.75) is 108 Å². The van der Waals surface area contributed by atoms with Crippen molar-refractivity contribution < 1.29 is 53.9 Å². The molecular weight excluding hydrogens is 785 g/mol. The van der Waals surface area contributed by atoms with Crippen LogP contribution in [0.3, 0.4) is 0 Å². The highest BCUT2D eigenvalue weighted by molar-refractivity contribution is 8.13. The number of carboxylic acid groups (broad SMARTS) is 4. The van der Waals surface area contributed by atoms with E-state index < -0.39 is 58.8 Å². The van der Waals surface area contributed by atoms with Crippen LogP contribution in [0.5, 0.6) is 0 Å². The van der Waals surface area contributed by atoms with Crippen LogP contribution in [0.4, 0.5) is 0 Å². The topological polar surface area (TPSA) is 193 Å². The van der Waals surface area contributed by atoms with Gasteiger partial charge in [0.25, 0.3) is 0 Å². The molecule has 0 saturated heterocycles. The Morgan fingerprint density at radius 1 is 0.517 bits per heavy atom. The third-order valence-corrected chi connectivity index (χ3v) is 11.8. The summed E-state index contributed by atoms with van der Waals surface area (Å²) in [6.07, 6.45) is 9.09. The van der Waals surface area contributed by atoms with Crippen LogP contribution in [0.15, 0.2) is 97.1 Å². The Kier molecular flexibility index (Phi) is 18.6. The van der Waals surface area contributed by atoms with Gasteiger partial charge in [0.2, 0.25) is 0 Å². The Labute approximate surface area is 355 Å². The molecule has 0 aromatic heterocycles. The first-order valence-corrected chi connectivity index (χ1v) is 21.5. The minimum absolute atomic E-state index is 0.0566. The van der Waals surface area contributed by atoms with Crippen molar-refractivity contribution in [2.24, 2.45) is 0 Å². The molecule has 4 rings (SSSR count). The summed E-state index contributed by atoms with van der Waals surface area (Å²) in [5.41, 5.74) is -0.393. The molecule has 0 saturated carbocycles. The Morgan fingerprint density at radius 2 is 0.917 bits per heavy atom. The second kappa shape index (κ2) is 23.7. The number of carboxylic acids is 4. The molecule has 0 radical (unpaired) electrons. The second-order valence-electron chi connectivity index (χ2n) is 14.9. The summed E-state index contributed by atoms with van der Waals surface area (Å²) in [7, 11) is 0. The van der Waals surface area contributed by atoms with Crippen LogP contribution in [-0.4, -0.2) is 67.2 Å². The van der Waals surface area contributed by atoms with Gasteiger partial charge in [-0.25, -0.2) is 19.2 Å². The second-order valence-corrected chi connectivity index (χ2v) is 16.0. The maximum Gasteiger partial charge on any atom is 0.335 e. The van der Waals surface area contributed by atoms with Crippen molar-refractivity contribution in [1.29, 1.82) is 0 Å². The summed E-state index contributed by atoms with van der Waals surface area (Å²) < 4.78 is 6.05. The van der Waals surface area contributed by atoms with Gasteiger partial charge in [0.1, 0.15) is 6.10 Å². The minimum atomic E-state index is -1.44. The van der Waals surface area contributed by atoms with Crippen LogP contribution < -0.4 is 0 Å². The van der Waals surface area contributed by atoms with Gasteiger partial charge in [-0.15, -0.1) is 0 Å². The lowest BCUT2D eigenvalue weighted by molar-refractivity contribution is -0.147. The lowest BCUT2D eigenvalue weighted by Crippen LogP contribution is -2.37. The van der Waals surface area contributed by atoms with Crippen molar-refractivity contribution in [3.05, 3.63) is 142 Å². The van der Waals surface area contributed by atoms with E-state index in [1.165, 1.54) is 105 Å². The van der Waals surface area contributed by atoms with Crippen molar-refractivity contribution in [3.63, 3.8) is 0 Å². The number of benzene rings is 4. The summed E-state index contributed by atoms with van der Waals surface area (Å²) in [6, 6.07) is 23.7. The van der Waals surface area contributed by atoms with E-state index in [4.69, 9.17) is 4.74 Å². The fourth-order valence-corrected chi connectivity index (χ4v) is 9.03. The first kappa shape index (κ1) is 46.9. The molecule has 4 unspecified atom stereocenters. The van der Waals surface area contributed by atoms with E-state index in [-0.39, 0.29) is 50.9 Å². The lowest BCUT2D eigenvalue weighted by Gasteiger charge is -2.39. The predicted molar refractivity (Wildman–Crippen MR) is 230 cm³/mol. The molecule has 4 aromatic carbocycles. The first-order chi connectivity index (χ1) is 28.9. The number of hydrogen-bond donors (Lipinski definition) is 4. The summed E-state index contributed by atoms with van der Waals surface area (Å²) >= 11 is 0.992. The number of ether oxygens (including phenoxy) is 1. The van der Waals surface area contributed by atoms with Crippen molar-refractivity contribution >= 4 is 46.7 Å². The highest BCUT2D eigenvalue weighted by atomic mass is 32.2. The molecule has 60 heavy (non-hydrogen) atoms. The van der Waals surface area contributed by atoms with Gasteiger partial charge < -0.3 is 25.2 Å². The Balaban J connectivity index is 1.97. The molecule has 4 atom stereocenters. The molecule has 0 spiro atoms. The Morgan fingerprint density at radius 3 is 1.40 bits per heavy atom. The molecule has 11 nitrogen and oxygen atoms in total. The van der Waals surface area contributed by atoms with Crippen molar-refractivity contribution in [1.82, 2.24) is 0 Å². The molecule has 0 amide bonds. The van der Waals surface area contributed by atoms with Gasteiger partial charge in [0.05, 0.1) is 28.2 Å². The largest absolute Gasteiger partial charge is 0.478 e. The van der Waals surface area contributed by atoms with E-state index in [9.17, 15) is 44.4 Å². The fraction of sp³-hybridized carbons (Fsp3) is 0.375. The number of carbonyl (C=O) groups is 6. The maximum absolute atomic E-state index is 15.1. The number of rotatable bonds is 25. The van der Waals surface area contributed by atoms with Gasteiger partial charge in [-0.3, -0.25) is 9.59 Å². The van der Waals surface area contributed by atoms with E-state index in [1.807, 2.05) is 0 Å². The van der Waals surface area contributed by atoms with Crippen LogP contribution in [-0.2, 0) is 20.7 Å². The van der Waals surface area contributed by atoms with E-state index in [2.05, 4.69) is 6.92 Å². The average molecular weight is 839 g/mol. The summed E-state index contributed by atoms with van der Waals surface area (Å²) in [4.78, 5) is 79.7. The molecule has 0 bridgehead atoms. The molecule has 0 heterocycles. The molecular formula is C48H54O11S. The van der Waals surface area contributed by atoms with Gasteiger partial charge in [0, 0.05) is 30.9 Å². The Hall–Kier alpha value is -5.75. The normalized spacial score (nSPS) is 13.1. The number of unbranched alkanes of at least 4 members (excludes halogenated alkanes) is 9. The van der Waals surface area contributed by atoms with Crippen LogP contribution in [0.2, 0.25) is 0 Å². The first-order valence-electron chi connectivity index (χ1n) is 20.5. The fourth-order valence-electron chi connectivity index (χ4n) is 8.03. The number of thioether (sulfide) groups is 1. The van der Waals surface area contributed by atoms with Crippen molar-refractivity contribution in [2.75, 3.05) is 5.75 Å². The van der Waals surface area contributed by atoms with Gasteiger partial charge in [-0.2, -0.15) is 0 Å². The molecule has 0 aliphatic carbocycles. The molecule has 4 N–H and O–H groups in total. The number of carbonyl (C=O) groups excluding carboxylic acids is 2. The molecule has 12 heteroatoms. The van der Waals surface area contributed by atoms with Crippen LogP contribution in [0, 0.1) is 0 Å². The lowest BCUT2D eigenvalue weighted by atomic mass is 9.66. The van der Waals surface area contributed by atoms with Gasteiger partial charge in [-0.05, 0) is 52.9 Å². The smallest absolute Gasteiger partial charge is 0.335 e. The zero-order valence-electron chi connectivity index (χ0n) is 34.1. The monoisotopic (exact) mass is 838 g/mol. The summed E-state index contributed by atoms with van der Waals surface area (Å²) in [5, 5.41) is 41.4. The third-order valence-electron chi connectivity index (χ3n) is 10.8. The minimum Gasteiger partial charge on any atom is -0.478 e. The quantitative estimate of drug-likeness (QED) is 0.0365. The van der Waals surface area contributed by atoms with Gasteiger partial charge in [-0.1, -0.05) is 149 Å². The molecule has 0 fully saturated rings. The zero-order valence-corrected chi connectivity index (χ0v) is 34.9. The Bertz CT molecular complexity index is 2110. The molecule has 0 aliphatic rings. The highest BCUT2D eigenvalue weighted by Gasteiger charge is 2.46.